The fraction of sp³-hybridized carbons (Fsp3) is 0.500. The van der Waals surface area contributed by atoms with Crippen LogP contribution in [0.15, 0.2) is 12.3 Å². The molecule has 0 aromatic carbocycles. The van der Waals surface area contributed by atoms with Gasteiger partial charge in [0.05, 0.1) is 9.95 Å². The Hall–Kier alpha value is -1.40. The standard InChI is InChI=1S/C10H15ClN4O2/c1-7(2)12-3-4-13-10-9(11)5-8(6-14-10)15(16)17/h5-7,12H,3-4H2,1-2H3,(H,13,14). The zero-order chi connectivity index (χ0) is 12.8. The van der Waals surface area contributed by atoms with Crippen LogP contribution in [0, 0.1) is 10.1 Å². The highest BCUT2D eigenvalue weighted by Gasteiger charge is 2.10. The summed E-state index contributed by atoms with van der Waals surface area (Å²) in [5.74, 6) is 0.461. The summed E-state index contributed by atoms with van der Waals surface area (Å²) in [5, 5.41) is 17.0. The maximum atomic E-state index is 10.5. The molecule has 0 unspecified atom stereocenters. The molecule has 17 heavy (non-hydrogen) atoms. The summed E-state index contributed by atoms with van der Waals surface area (Å²) in [6, 6.07) is 1.70. The molecule has 0 bridgehead atoms. The van der Waals surface area contributed by atoms with Crippen molar-refractivity contribution in [3.8, 4) is 0 Å². The van der Waals surface area contributed by atoms with Gasteiger partial charge in [-0.3, -0.25) is 10.1 Å². The predicted octanol–water partition coefficient (Wildman–Crippen LogP) is 2.05. The molecule has 2 N–H and O–H groups in total. The zero-order valence-electron chi connectivity index (χ0n) is 9.74. The summed E-state index contributed by atoms with van der Waals surface area (Å²) >= 11 is 5.87. The fourth-order valence-corrected chi connectivity index (χ4v) is 1.43. The minimum absolute atomic E-state index is 0.110. The van der Waals surface area contributed by atoms with E-state index < -0.39 is 4.92 Å². The summed E-state index contributed by atoms with van der Waals surface area (Å²) in [7, 11) is 0. The van der Waals surface area contributed by atoms with Crippen molar-refractivity contribution < 1.29 is 4.92 Å². The molecule has 0 atom stereocenters. The molecule has 0 saturated carbocycles. The first-order valence-electron chi connectivity index (χ1n) is 5.28. The average molecular weight is 259 g/mol. The Morgan fingerprint density at radius 1 is 1.53 bits per heavy atom. The van der Waals surface area contributed by atoms with Gasteiger partial charge in [-0.25, -0.2) is 4.98 Å². The van der Waals surface area contributed by atoms with Crippen LogP contribution in [-0.2, 0) is 0 Å². The first-order chi connectivity index (χ1) is 8.00. The van der Waals surface area contributed by atoms with Crippen molar-refractivity contribution in [3.05, 3.63) is 27.4 Å². The van der Waals surface area contributed by atoms with E-state index in [1.54, 1.807) is 0 Å². The number of rotatable bonds is 6. The van der Waals surface area contributed by atoms with Crippen molar-refractivity contribution in [1.82, 2.24) is 10.3 Å². The van der Waals surface area contributed by atoms with Crippen LogP contribution in [0.1, 0.15) is 13.8 Å². The third-order valence-corrected chi connectivity index (χ3v) is 2.30. The number of hydrogen-bond acceptors (Lipinski definition) is 5. The van der Waals surface area contributed by atoms with Crippen molar-refractivity contribution in [2.45, 2.75) is 19.9 Å². The van der Waals surface area contributed by atoms with Gasteiger partial charge in [0.1, 0.15) is 12.0 Å². The van der Waals surface area contributed by atoms with Gasteiger partial charge in [0.2, 0.25) is 0 Å². The fourth-order valence-electron chi connectivity index (χ4n) is 1.20. The molecule has 1 aromatic heterocycles. The summed E-state index contributed by atoms with van der Waals surface area (Å²) in [6.07, 6.45) is 1.18. The van der Waals surface area contributed by atoms with E-state index in [-0.39, 0.29) is 10.7 Å². The molecule has 1 rings (SSSR count). The first-order valence-corrected chi connectivity index (χ1v) is 5.65. The molecule has 0 aliphatic rings. The number of nitrogens with one attached hydrogen (secondary N) is 2. The Morgan fingerprint density at radius 2 is 2.24 bits per heavy atom. The predicted molar refractivity (Wildman–Crippen MR) is 67.5 cm³/mol. The molecule has 0 aliphatic carbocycles. The van der Waals surface area contributed by atoms with Crippen LogP contribution < -0.4 is 10.6 Å². The third-order valence-electron chi connectivity index (χ3n) is 2.01. The smallest absolute Gasteiger partial charge is 0.289 e. The van der Waals surface area contributed by atoms with Crippen molar-refractivity contribution in [3.63, 3.8) is 0 Å². The number of anilines is 1. The van der Waals surface area contributed by atoms with Crippen LogP contribution in [-0.4, -0.2) is 29.0 Å². The molecule has 0 spiro atoms. The van der Waals surface area contributed by atoms with Gasteiger partial charge in [-0.1, -0.05) is 25.4 Å². The Balaban J connectivity index is 2.52. The second-order valence-corrected chi connectivity index (χ2v) is 4.22. The van der Waals surface area contributed by atoms with Crippen LogP contribution in [0.25, 0.3) is 0 Å². The highest BCUT2D eigenvalue weighted by atomic mass is 35.5. The molecule has 0 fully saturated rings. The van der Waals surface area contributed by atoms with Gasteiger partial charge in [0.25, 0.3) is 5.69 Å². The zero-order valence-corrected chi connectivity index (χ0v) is 10.5. The highest BCUT2D eigenvalue weighted by molar-refractivity contribution is 6.33. The minimum atomic E-state index is -0.525. The van der Waals surface area contributed by atoms with E-state index in [0.717, 1.165) is 6.54 Å². The number of hydrogen-bond donors (Lipinski definition) is 2. The SMILES string of the molecule is CC(C)NCCNc1ncc([N+](=O)[O-])cc1Cl. The van der Waals surface area contributed by atoms with Crippen LogP contribution >= 0.6 is 11.6 Å². The second-order valence-electron chi connectivity index (χ2n) is 3.82. The van der Waals surface area contributed by atoms with E-state index in [9.17, 15) is 10.1 Å². The summed E-state index contributed by atoms with van der Waals surface area (Å²) < 4.78 is 0. The molecule has 0 aliphatic heterocycles. The number of aromatic nitrogens is 1. The van der Waals surface area contributed by atoms with Gasteiger partial charge < -0.3 is 10.6 Å². The van der Waals surface area contributed by atoms with Crippen LogP contribution in [0.3, 0.4) is 0 Å². The maximum absolute atomic E-state index is 10.5. The van der Waals surface area contributed by atoms with Gasteiger partial charge in [0, 0.05) is 25.2 Å². The van der Waals surface area contributed by atoms with Gasteiger partial charge in [-0.05, 0) is 0 Å². The molecule has 1 heterocycles. The lowest BCUT2D eigenvalue weighted by Crippen LogP contribution is -2.28. The number of halogens is 1. The highest BCUT2D eigenvalue weighted by Crippen LogP contribution is 2.23. The molecule has 0 saturated heterocycles. The molecule has 7 heteroatoms. The summed E-state index contributed by atoms with van der Waals surface area (Å²) in [5.41, 5.74) is -0.110. The Morgan fingerprint density at radius 3 is 2.76 bits per heavy atom. The molecule has 0 amide bonds. The van der Waals surface area contributed by atoms with Crippen LogP contribution in [0.5, 0.6) is 0 Å². The molecule has 1 aromatic rings. The topological polar surface area (TPSA) is 80.1 Å². The largest absolute Gasteiger partial charge is 0.368 e. The van der Waals surface area contributed by atoms with E-state index in [0.29, 0.717) is 18.4 Å². The van der Waals surface area contributed by atoms with Crippen molar-refractivity contribution in [1.29, 1.82) is 0 Å². The average Bonchev–Trinajstić information content (AvgIpc) is 2.25. The van der Waals surface area contributed by atoms with E-state index in [2.05, 4.69) is 29.5 Å². The molecular weight excluding hydrogens is 244 g/mol. The van der Waals surface area contributed by atoms with Crippen molar-refractivity contribution in [2.24, 2.45) is 0 Å². The monoisotopic (exact) mass is 258 g/mol. The normalized spacial score (nSPS) is 10.6. The van der Waals surface area contributed by atoms with Gasteiger partial charge in [0.15, 0.2) is 0 Å². The van der Waals surface area contributed by atoms with E-state index in [1.165, 1.54) is 12.3 Å². The van der Waals surface area contributed by atoms with Crippen molar-refractivity contribution >= 4 is 23.1 Å². The third kappa shape index (κ3) is 4.54. The quantitative estimate of drug-likeness (QED) is 0.464. The van der Waals surface area contributed by atoms with Crippen LogP contribution in [0.2, 0.25) is 5.02 Å². The minimum Gasteiger partial charge on any atom is -0.368 e. The molecular formula is C10H15ClN4O2. The van der Waals surface area contributed by atoms with Gasteiger partial charge in [-0.15, -0.1) is 0 Å². The molecule has 0 radical (unpaired) electrons. The van der Waals surface area contributed by atoms with Gasteiger partial charge in [-0.2, -0.15) is 0 Å². The lowest BCUT2D eigenvalue weighted by atomic mass is 10.4. The second kappa shape index (κ2) is 6.36. The Bertz CT molecular complexity index is 398. The Kier molecular flexibility index (Phi) is 5.11. The number of pyridine rings is 1. The summed E-state index contributed by atoms with van der Waals surface area (Å²) in [4.78, 5) is 13.9. The van der Waals surface area contributed by atoms with Gasteiger partial charge >= 0.3 is 0 Å². The first kappa shape index (κ1) is 13.7. The maximum Gasteiger partial charge on any atom is 0.289 e. The number of nitrogens with zero attached hydrogens (tertiary/aromatic N) is 2. The molecule has 94 valence electrons. The Labute approximate surface area is 105 Å². The van der Waals surface area contributed by atoms with Crippen LogP contribution in [0.4, 0.5) is 11.5 Å². The number of nitro groups is 1. The lowest BCUT2D eigenvalue weighted by molar-refractivity contribution is -0.385. The lowest BCUT2D eigenvalue weighted by Gasteiger charge is -2.10. The van der Waals surface area contributed by atoms with E-state index in [4.69, 9.17) is 11.6 Å². The van der Waals surface area contributed by atoms with E-state index in [1.807, 2.05) is 0 Å². The molecule has 6 nitrogen and oxygen atoms in total. The summed E-state index contributed by atoms with van der Waals surface area (Å²) in [6.45, 7) is 5.53. The van der Waals surface area contributed by atoms with Crippen molar-refractivity contribution in [2.75, 3.05) is 18.4 Å². The van der Waals surface area contributed by atoms with E-state index >= 15 is 0 Å².